The summed E-state index contributed by atoms with van der Waals surface area (Å²) in [6.45, 7) is 4.70. The van der Waals surface area contributed by atoms with Crippen LogP contribution in [-0.2, 0) is 6.54 Å². The van der Waals surface area contributed by atoms with Crippen molar-refractivity contribution in [3.05, 3.63) is 60.1 Å². The number of halogens is 2. The molecule has 0 bridgehead atoms. The minimum Gasteiger partial charge on any atom is -0.307 e. The topological polar surface area (TPSA) is 63.6 Å². The van der Waals surface area contributed by atoms with Gasteiger partial charge < -0.3 is 4.40 Å². The van der Waals surface area contributed by atoms with Crippen LogP contribution in [0.3, 0.4) is 0 Å². The summed E-state index contributed by atoms with van der Waals surface area (Å²) in [6.07, 6.45) is 5.53. The fraction of sp³-hybridized carbons (Fsp3) is 0.400. The maximum atomic E-state index is 13.4. The Labute approximate surface area is 166 Å². The molecule has 5 rings (SSSR count). The molecule has 7 nitrogen and oxygen atoms in total. The van der Waals surface area contributed by atoms with Crippen molar-refractivity contribution in [2.75, 3.05) is 13.1 Å². The summed E-state index contributed by atoms with van der Waals surface area (Å²) in [4.78, 5) is 14.6. The quantitative estimate of drug-likeness (QED) is 0.529. The predicted molar refractivity (Wildman–Crippen MR) is 103 cm³/mol. The van der Waals surface area contributed by atoms with Crippen LogP contribution < -0.4 is 0 Å². The number of hydrogen-bond acceptors (Lipinski definition) is 5. The van der Waals surface area contributed by atoms with E-state index in [0.717, 1.165) is 37.4 Å². The molecule has 1 aliphatic heterocycles. The van der Waals surface area contributed by atoms with Crippen molar-refractivity contribution < 1.29 is 8.78 Å². The van der Waals surface area contributed by atoms with Gasteiger partial charge in [0, 0.05) is 37.6 Å². The minimum atomic E-state index is -2.63. The van der Waals surface area contributed by atoms with Crippen molar-refractivity contribution in [3.63, 3.8) is 0 Å². The van der Waals surface area contributed by atoms with Gasteiger partial charge in [-0.1, -0.05) is 13.0 Å². The maximum absolute atomic E-state index is 13.4. The number of alkyl halides is 2. The van der Waals surface area contributed by atoms with Crippen molar-refractivity contribution in [3.8, 4) is 0 Å². The summed E-state index contributed by atoms with van der Waals surface area (Å²) in [5.74, 6) is 0.654. The summed E-state index contributed by atoms with van der Waals surface area (Å²) in [6, 6.07) is 5.59. The number of pyridine rings is 1. The molecule has 1 saturated heterocycles. The second-order valence-electron chi connectivity index (χ2n) is 7.72. The lowest BCUT2D eigenvalue weighted by atomic mass is 9.84. The third kappa shape index (κ3) is 3.35. The number of piperidine rings is 1. The maximum Gasteiger partial charge on any atom is 0.280 e. The Bertz CT molecular complexity index is 1150. The predicted octanol–water partition coefficient (Wildman–Crippen LogP) is 3.34. The lowest BCUT2D eigenvalue weighted by molar-refractivity contribution is 0.143. The number of likely N-dealkylation sites (tertiary alicyclic amines) is 1. The molecule has 2 atom stereocenters. The number of fused-ring (bicyclic) bond motifs is 2. The molecule has 1 aliphatic rings. The third-order valence-corrected chi connectivity index (χ3v) is 5.80. The van der Waals surface area contributed by atoms with Gasteiger partial charge in [0.05, 0.1) is 5.69 Å². The highest BCUT2D eigenvalue weighted by Crippen LogP contribution is 2.34. The van der Waals surface area contributed by atoms with Crippen LogP contribution in [0.15, 0.2) is 43.1 Å². The largest absolute Gasteiger partial charge is 0.307 e. The molecule has 5 heterocycles. The average Bonchev–Trinajstić information content (AvgIpc) is 3.37. The molecular formula is C20H21F2N7. The van der Waals surface area contributed by atoms with Crippen LogP contribution >= 0.6 is 0 Å². The zero-order chi connectivity index (χ0) is 20.0. The van der Waals surface area contributed by atoms with Crippen LogP contribution in [0.25, 0.3) is 11.4 Å². The molecule has 150 valence electrons. The summed E-state index contributed by atoms with van der Waals surface area (Å²) >= 11 is 0. The first-order valence-electron chi connectivity index (χ1n) is 9.71. The van der Waals surface area contributed by atoms with Crippen molar-refractivity contribution in [2.45, 2.75) is 32.2 Å². The van der Waals surface area contributed by atoms with E-state index in [4.69, 9.17) is 0 Å². The molecule has 0 N–H and O–H groups in total. The van der Waals surface area contributed by atoms with Crippen LogP contribution in [0.2, 0.25) is 0 Å². The molecule has 0 aliphatic carbocycles. The van der Waals surface area contributed by atoms with E-state index < -0.39 is 6.43 Å². The van der Waals surface area contributed by atoms with E-state index in [-0.39, 0.29) is 17.4 Å². The van der Waals surface area contributed by atoms with Crippen molar-refractivity contribution >= 4 is 11.4 Å². The minimum absolute atomic E-state index is 0.0745. The summed E-state index contributed by atoms with van der Waals surface area (Å²) in [7, 11) is 0. The number of aromatic nitrogens is 6. The van der Waals surface area contributed by atoms with Gasteiger partial charge in [0.25, 0.3) is 12.2 Å². The Morgan fingerprint density at radius 2 is 2.14 bits per heavy atom. The average molecular weight is 397 g/mol. The Morgan fingerprint density at radius 3 is 3.00 bits per heavy atom. The first-order valence-corrected chi connectivity index (χ1v) is 9.71. The summed E-state index contributed by atoms with van der Waals surface area (Å²) in [5.41, 5.74) is 2.63. The van der Waals surface area contributed by atoms with Gasteiger partial charge in [-0.15, -0.1) is 0 Å². The van der Waals surface area contributed by atoms with Crippen LogP contribution in [0.1, 0.15) is 42.6 Å². The van der Waals surface area contributed by atoms with Crippen molar-refractivity contribution in [2.24, 2.45) is 5.92 Å². The highest BCUT2D eigenvalue weighted by molar-refractivity contribution is 5.39. The molecule has 0 aromatic carbocycles. The van der Waals surface area contributed by atoms with Crippen LogP contribution in [0.5, 0.6) is 0 Å². The van der Waals surface area contributed by atoms with E-state index in [0.29, 0.717) is 5.92 Å². The zero-order valence-corrected chi connectivity index (χ0v) is 16.0. The molecule has 0 radical (unpaired) electrons. The number of rotatable bonds is 4. The lowest BCUT2D eigenvalue weighted by Gasteiger charge is -2.37. The van der Waals surface area contributed by atoms with E-state index in [1.54, 1.807) is 10.7 Å². The van der Waals surface area contributed by atoms with Gasteiger partial charge in [0.15, 0.2) is 0 Å². The smallest absolute Gasteiger partial charge is 0.280 e. The molecule has 29 heavy (non-hydrogen) atoms. The lowest BCUT2D eigenvalue weighted by Crippen LogP contribution is -2.38. The van der Waals surface area contributed by atoms with E-state index in [2.05, 4.69) is 44.1 Å². The fourth-order valence-electron chi connectivity index (χ4n) is 4.21. The number of imidazole rings is 1. The van der Waals surface area contributed by atoms with Crippen LogP contribution in [-0.4, -0.2) is 47.0 Å². The fourth-order valence-corrected chi connectivity index (χ4v) is 4.21. The molecule has 9 heteroatoms. The van der Waals surface area contributed by atoms with Gasteiger partial charge in [0.2, 0.25) is 0 Å². The van der Waals surface area contributed by atoms with Crippen LogP contribution in [0.4, 0.5) is 8.78 Å². The third-order valence-electron chi connectivity index (χ3n) is 5.80. The van der Waals surface area contributed by atoms with Gasteiger partial charge in [-0.2, -0.15) is 10.1 Å². The number of hydrogen-bond donors (Lipinski definition) is 0. The van der Waals surface area contributed by atoms with Crippen molar-refractivity contribution in [1.82, 2.24) is 33.9 Å². The molecule has 4 aromatic heterocycles. The van der Waals surface area contributed by atoms with Crippen LogP contribution in [0, 0.1) is 5.92 Å². The van der Waals surface area contributed by atoms with E-state index in [1.807, 2.05) is 16.7 Å². The van der Waals surface area contributed by atoms with Gasteiger partial charge in [-0.25, -0.2) is 23.3 Å². The standard InChI is InChI=1S/C20H21F2N7/c1-13-4-6-27(9-14-2-3-18-23-5-7-28(18)10-14)11-15(13)17-8-16(19(21)22)26-20-24-12-25-29(17)20/h2-3,5,7-8,10,12-13,15,19H,4,6,9,11H2,1H3/t13-,15-/m1/s1. The van der Waals surface area contributed by atoms with Crippen molar-refractivity contribution in [1.29, 1.82) is 0 Å². The van der Waals surface area contributed by atoms with Gasteiger partial charge >= 0.3 is 0 Å². The van der Waals surface area contributed by atoms with E-state index in [9.17, 15) is 8.78 Å². The second kappa shape index (κ2) is 7.14. The molecule has 1 fully saturated rings. The zero-order valence-electron chi connectivity index (χ0n) is 16.0. The molecule has 4 aromatic rings. The molecule has 0 saturated carbocycles. The van der Waals surface area contributed by atoms with E-state index in [1.165, 1.54) is 18.0 Å². The molecular weight excluding hydrogens is 376 g/mol. The Morgan fingerprint density at radius 1 is 1.24 bits per heavy atom. The van der Waals surface area contributed by atoms with Gasteiger partial charge in [-0.05, 0) is 36.6 Å². The van der Waals surface area contributed by atoms with Gasteiger partial charge in [0.1, 0.15) is 17.7 Å². The molecule has 0 unspecified atom stereocenters. The Kier molecular flexibility index (Phi) is 4.46. The summed E-state index contributed by atoms with van der Waals surface area (Å²) < 4.78 is 30.4. The second-order valence-corrected chi connectivity index (χ2v) is 7.72. The summed E-state index contributed by atoms with van der Waals surface area (Å²) in [5, 5.41) is 4.24. The normalized spacial score (nSPS) is 20.8. The highest BCUT2D eigenvalue weighted by Gasteiger charge is 2.31. The monoisotopic (exact) mass is 397 g/mol. The Hall–Kier alpha value is -2.94. The van der Waals surface area contributed by atoms with E-state index >= 15 is 0 Å². The van der Waals surface area contributed by atoms with Gasteiger partial charge in [-0.3, -0.25) is 4.90 Å². The molecule has 0 spiro atoms. The SMILES string of the molecule is C[C@@H]1CCN(Cc2ccc3nccn3c2)C[C@H]1c1cc(C(F)F)nc2ncnn12. The first-order chi connectivity index (χ1) is 14.1. The first kappa shape index (κ1) is 18.1. The molecule has 0 amide bonds. The number of nitrogens with zero attached hydrogens (tertiary/aromatic N) is 7. The Balaban J connectivity index is 1.44. The highest BCUT2D eigenvalue weighted by atomic mass is 19.3.